The first-order valence-electron chi connectivity index (χ1n) is 11.6. The Morgan fingerprint density at radius 2 is 2.00 bits per heavy atom. The molecule has 0 radical (unpaired) electrons. The van der Waals surface area contributed by atoms with Crippen molar-refractivity contribution in [1.82, 2.24) is 14.3 Å². The predicted molar refractivity (Wildman–Crippen MR) is 135 cm³/mol. The van der Waals surface area contributed by atoms with Crippen LogP contribution in [0.3, 0.4) is 0 Å². The molecule has 0 spiro atoms. The van der Waals surface area contributed by atoms with Crippen LogP contribution >= 0.6 is 0 Å². The van der Waals surface area contributed by atoms with Crippen molar-refractivity contribution in [2.24, 2.45) is 5.16 Å². The van der Waals surface area contributed by atoms with Crippen LogP contribution < -0.4 is 0 Å². The van der Waals surface area contributed by atoms with E-state index in [0.717, 1.165) is 16.8 Å². The number of rotatable bonds is 13. The van der Waals surface area contributed by atoms with Gasteiger partial charge in [0.25, 0.3) is 0 Å². The SMILES string of the molecule is CN(CCON=Cc1ccn2c(-c3cccc(CC(=O)CCC(F)(F)F)c3)cnc2c1)CCS(C)(=O)=O. The maximum Gasteiger partial charge on any atom is 0.389 e. The lowest BCUT2D eigenvalue weighted by Gasteiger charge is -2.14. The molecule has 3 aromatic rings. The van der Waals surface area contributed by atoms with Crippen LogP contribution in [0.1, 0.15) is 24.0 Å². The molecule has 1 aromatic carbocycles. The number of likely N-dealkylation sites (N-methyl/N-ethyl adjacent to an activating group) is 1. The van der Waals surface area contributed by atoms with Gasteiger partial charge in [-0.2, -0.15) is 13.2 Å². The summed E-state index contributed by atoms with van der Waals surface area (Å²) < 4.78 is 61.4. The van der Waals surface area contributed by atoms with Gasteiger partial charge in [-0.1, -0.05) is 23.4 Å². The van der Waals surface area contributed by atoms with Crippen LogP contribution in [0.4, 0.5) is 13.2 Å². The largest absolute Gasteiger partial charge is 0.394 e. The highest BCUT2D eigenvalue weighted by molar-refractivity contribution is 7.90. The lowest BCUT2D eigenvalue weighted by molar-refractivity contribution is -0.143. The third kappa shape index (κ3) is 9.62. The molecular weight excluding hydrogens is 509 g/mol. The van der Waals surface area contributed by atoms with Gasteiger partial charge in [0.1, 0.15) is 27.9 Å². The average molecular weight is 539 g/mol. The number of Topliss-reactive ketones (excluding diaryl/α,β-unsaturated/α-hetero) is 1. The van der Waals surface area contributed by atoms with Gasteiger partial charge < -0.3 is 9.74 Å². The fourth-order valence-corrected chi connectivity index (χ4v) is 4.15. The number of oxime groups is 1. The zero-order valence-electron chi connectivity index (χ0n) is 20.6. The van der Waals surface area contributed by atoms with E-state index in [1.807, 2.05) is 40.7 Å². The normalized spacial score (nSPS) is 12.6. The van der Waals surface area contributed by atoms with Gasteiger partial charge in [0.15, 0.2) is 0 Å². The number of alkyl halides is 3. The molecule has 0 aliphatic heterocycles. The van der Waals surface area contributed by atoms with Gasteiger partial charge in [-0.25, -0.2) is 13.4 Å². The molecule has 0 fully saturated rings. The van der Waals surface area contributed by atoms with Crippen molar-refractivity contribution in [3.63, 3.8) is 0 Å². The number of pyridine rings is 1. The van der Waals surface area contributed by atoms with Crippen molar-refractivity contribution in [1.29, 1.82) is 0 Å². The van der Waals surface area contributed by atoms with Gasteiger partial charge in [-0.05, 0) is 30.8 Å². The number of ketones is 1. The highest BCUT2D eigenvalue weighted by Crippen LogP contribution is 2.24. The zero-order valence-corrected chi connectivity index (χ0v) is 21.4. The summed E-state index contributed by atoms with van der Waals surface area (Å²) in [5.41, 5.74) is 3.63. The summed E-state index contributed by atoms with van der Waals surface area (Å²) in [6.07, 6.45) is 0.208. The Bertz CT molecular complexity index is 1350. The summed E-state index contributed by atoms with van der Waals surface area (Å²) in [7, 11) is -1.20. The number of aromatic nitrogens is 2. The first kappa shape index (κ1) is 28.3. The monoisotopic (exact) mass is 538 g/mol. The number of benzene rings is 1. The standard InChI is InChI=1S/C25H29F3N4O4S/c1-31(11-13-37(2,34)35)10-12-36-30-17-20-7-9-32-23(18-29-24(32)16-20)21-5-3-4-19(14-21)15-22(33)6-8-25(26,27)28/h3-5,7,9,14,16-18H,6,8,10-13,15H2,1-2H3. The van der Waals surface area contributed by atoms with Crippen LogP contribution in [-0.4, -0.2) is 79.6 Å². The Morgan fingerprint density at radius 1 is 1.22 bits per heavy atom. The molecule has 0 unspecified atom stereocenters. The van der Waals surface area contributed by atoms with Gasteiger partial charge >= 0.3 is 6.18 Å². The molecule has 12 heteroatoms. The molecule has 0 saturated heterocycles. The van der Waals surface area contributed by atoms with Crippen molar-refractivity contribution in [3.05, 3.63) is 59.9 Å². The minimum Gasteiger partial charge on any atom is -0.394 e. The molecule has 0 amide bonds. The predicted octanol–water partition coefficient (Wildman–Crippen LogP) is 3.78. The summed E-state index contributed by atoms with van der Waals surface area (Å²) >= 11 is 0. The second-order valence-electron chi connectivity index (χ2n) is 8.86. The van der Waals surface area contributed by atoms with Crippen molar-refractivity contribution in [3.8, 4) is 11.3 Å². The summed E-state index contributed by atoms with van der Waals surface area (Å²) in [5, 5.41) is 3.95. The first-order valence-corrected chi connectivity index (χ1v) is 13.6. The molecule has 0 saturated carbocycles. The topological polar surface area (TPSA) is 93.3 Å². The van der Waals surface area contributed by atoms with Crippen LogP contribution in [0, 0.1) is 0 Å². The number of sulfone groups is 1. The van der Waals surface area contributed by atoms with E-state index in [1.54, 1.807) is 30.6 Å². The fraction of sp³-hybridized carbons (Fsp3) is 0.400. The second kappa shape index (κ2) is 12.3. The molecule has 0 bridgehead atoms. The quantitative estimate of drug-likeness (QED) is 0.187. The van der Waals surface area contributed by atoms with Crippen LogP contribution in [-0.2, 0) is 25.9 Å². The van der Waals surface area contributed by atoms with E-state index < -0.39 is 34.6 Å². The Kier molecular flexibility index (Phi) is 9.44. The maximum atomic E-state index is 12.4. The lowest BCUT2D eigenvalue weighted by Crippen LogP contribution is -2.28. The van der Waals surface area contributed by atoms with Gasteiger partial charge in [0.05, 0.1) is 30.3 Å². The molecular formula is C25H29F3N4O4S. The minimum absolute atomic E-state index is 0.0608. The number of carbonyl (C=O) groups is 1. The van der Waals surface area contributed by atoms with Crippen LogP contribution in [0.2, 0.25) is 0 Å². The zero-order chi connectivity index (χ0) is 27.1. The first-order chi connectivity index (χ1) is 17.4. The average Bonchev–Trinajstić information content (AvgIpc) is 3.24. The van der Waals surface area contributed by atoms with Gasteiger partial charge in [0, 0.05) is 49.5 Å². The van der Waals surface area contributed by atoms with Crippen molar-refractivity contribution >= 4 is 27.5 Å². The molecule has 0 N–H and O–H groups in total. The number of hydrogen-bond donors (Lipinski definition) is 0. The summed E-state index contributed by atoms with van der Waals surface area (Å²) in [6.45, 7) is 1.26. The van der Waals surface area contributed by atoms with Gasteiger partial charge in [0.2, 0.25) is 0 Å². The summed E-state index contributed by atoms with van der Waals surface area (Å²) in [5.74, 6) is -0.372. The number of imidazole rings is 1. The third-order valence-electron chi connectivity index (χ3n) is 5.53. The third-order valence-corrected chi connectivity index (χ3v) is 6.46. The van der Waals surface area contributed by atoms with E-state index in [-0.39, 0.29) is 12.2 Å². The van der Waals surface area contributed by atoms with E-state index in [0.29, 0.717) is 30.9 Å². The Hall–Kier alpha value is -3.25. The minimum atomic E-state index is -4.35. The lowest BCUT2D eigenvalue weighted by atomic mass is 10.0. The Labute approximate surface area is 213 Å². The molecule has 3 rings (SSSR count). The fourth-order valence-electron chi connectivity index (χ4n) is 3.51. The summed E-state index contributed by atoms with van der Waals surface area (Å²) in [6, 6.07) is 10.8. The molecule has 37 heavy (non-hydrogen) atoms. The summed E-state index contributed by atoms with van der Waals surface area (Å²) in [4.78, 5) is 23.5. The van der Waals surface area contributed by atoms with E-state index >= 15 is 0 Å². The molecule has 200 valence electrons. The number of nitrogens with zero attached hydrogens (tertiary/aromatic N) is 4. The molecule has 0 atom stereocenters. The molecule has 8 nitrogen and oxygen atoms in total. The second-order valence-corrected chi connectivity index (χ2v) is 11.1. The van der Waals surface area contributed by atoms with Gasteiger partial charge in [-0.15, -0.1) is 0 Å². The Morgan fingerprint density at radius 3 is 2.73 bits per heavy atom. The van der Waals surface area contributed by atoms with Crippen molar-refractivity contribution in [2.75, 3.05) is 38.8 Å². The van der Waals surface area contributed by atoms with E-state index in [9.17, 15) is 26.4 Å². The van der Waals surface area contributed by atoms with Crippen LogP contribution in [0.25, 0.3) is 16.9 Å². The highest BCUT2D eigenvalue weighted by atomic mass is 32.2. The highest BCUT2D eigenvalue weighted by Gasteiger charge is 2.27. The van der Waals surface area contributed by atoms with Crippen LogP contribution in [0.5, 0.6) is 0 Å². The number of hydrogen-bond acceptors (Lipinski definition) is 7. The molecule has 2 aromatic heterocycles. The smallest absolute Gasteiger partial charge is 0.389 e. The van der Waals surface area contributed by atoms with Crippen molar-refractivity contribution in [2.45, 2.75) is 25.4 Å². The number of carbonyl (C=O) groups excluding carboxylic acids is 1. The van der Waals surface area contributed by atoms with E-state index in [4.69, 9.17) is 4.84 Å². The van der Waals surface area contributed by atoms with E-state index in [1.165, 1.54) is 6.26 Å². The number of fused-ring (bicyclic) bond motifs is 1. The molecule has 2 heterocycles. The molecule has 0 aliphatic rings. The van der Waals surface area contributed by atoms with Crippen LogP contribution in [0.15, 0.2) is 53.9 Å². The molecule has 0 aliphatic carbocycles. The number of halogens is 3. The van der Waals surface area contributed by atoms with Crippen molar-refractivity contribution < 1.29 is 31.2 Å². The van der Waals surface area contributed by atoms with Gasteiger partial charge in [-0.3, -0.25) is 9.20 Å². The Balaban J connectivity index is 1.58. The maximum absolute atomic E-state index is 12.4. The van der Waals surface area contributed by atoms with E-state index in [2.05, 4.69) is 10.1 Å².